The molecular formula is C31H52N4O5. The Hall–Kier alpha value is -3.10. The molecule has 226 valence electrons. The Bertz CT molecular complexity index is 986. The molecule has 0 radical (unpaired) electrons. The highest BCUT2D eigenvalue weighted by Crippen LogP contribution is 2.28. The molecule has 9 nitrogen and oxygen atoms in total. The first kappa shape index (κ1) is 34.9. The highest BCUT2D eigenvalue weighted by atomic mass is 16.6. The third-order valence-corrected chi connectivity index (χ3v) is 6.42. The van der Waals surface area contributed by atoms with E-state index in [1.807, 2.05) is 45.9 Å². The van der Waals surface area contributed by atoms with E-state index in [4.69, 9.17) is 10.5 Å². The number of nitrogens with zero attached hydrogens (tertiary/aromatic N) is 1. The highest BCUT2D eigenvalue weighted by molar-refractivity contribution is 5.92. The van der Waals surface area contributed by atoms with Crippen LogP contribution in [0.5, 0.6) is 0 Å². The van der Waals surface area contributed by atoms with Gasteiger partial charge in [-0.15, -0.1) is 0 Å². The van der Waals surface area contributed by atoms with Crippen molar-refractivity contribution in [3.8, 4) is 0 Å². The maximum Gasteiger partial charge on any atom is 0.408 e. The number of primary amides is 1. The van der Waals surface area contributed by atoms with Gasteiger partial charge in [0, 0.05) is 19.0 Å². The zero-order chi connectivity index (χ0) is 30.5. The molecule has 0 saturated heterocycles. The first-order valence-electron chi connectivity index (χ1n) is 14.6. The minimum absolute atomic E-state index is 0.00821. The van der Waals surface area contributed by atoms with E-state index in [-0.39, 0.29) is 24.8 Å². The van der Waals surface area contributed by atoms with Crippen LogP contribution in [0.3, 0.4) is 0 Å². The number of benzene rings is 1. The summed E-state index contributed by atoms with van der Waals surface area (Å²) < 4.78 is 5.40. The van der Waals surface area contributed by atoms with Crippen LogP contribution in [0, 0.1) is 13.8 Å². The second kappa shape index (κ2) is 16.9. The van der Waals surface area contributed by atoms with Crippen molar-refractivity contribution in [2.45, 2.75) is 130 Å². The van der Waals surface area contributed by atoms with Gasteiger partial charge in [0.15, 0.2) is 0 Å². The highest BCUT2D eigenvalue weighted by Gasteiger charge is 2.37. The summed E-state index contributed by atoms with van der Waals surface area (Å²) in [4.78, 5) is 53.9. The molecule has 4 N–H and O–H groups in total. The van der Waals surface area contributed by atoms with Gasteiger partial charge in [0.05, 0.1) is 0 Å². The standard InChI is InChI=1S/C31H52N4O5/c1-9-10-11-12-13-14-19-35(27(28(37)33-21(2)3)24-20-22(4)15-16-23(24)5)29(38)25(17-18-26(32)36)34-30(39)40-31(6,7)8/h15-16,20-21,25,27H,9-14,17-19H2,1-8H3,(H2,32,36)(H,33,37)(H,34,39). The van der Waals surface area contributed by atoms with Gasteiger partial charge in [-0.1, -0.05) is 62.8 Å². The predicted molar refractivity (Wildman–Crippen MR) is 159 cm³/mol. The van der Waals surface area contributed by atoms with Crippen molar-refractivity contribution in [1.82, 2.24) is 15.5 Å². The summed E-state index contributed by atoms with van der Waals surface area (Å²) in [5.41, 5.74) is 7.20. The van der Waals surface area contributed by atoms with Crippen LogP contribution in [0.4, 0.5) is 4.79 Å². The monoisotopic (exact) mass is 560 g/mol. The smallest absolute Gasteiger partial charge is 0.408 e. The Labute approximate surface area is 241 Å². The molecule has 0 heterocycles. The van der Waals surface area contributed by atoms with E-state index in [0.717, 1.165) is 48.8 Å². The summed E-state index contributed by atoms with van der Waals surface area (Å²) in [7, 11) is 0. The van der Waals surface area contributed by atoms with Crippen LogP contribution in [-0.2, 0) is 19.1 Å². The summed E-state index contributed by atoms with van der Waals surface area (Å²) >= 11 is 0. The van der Waals surface area contributed by atoms with Gasteiger partial charge in [-0.2, -0.15) is 0 Å². The number of carbonyl (C=O) groups is 4. The van der Waals surface area contributed by atoms with Gasteiger partial charge in [0.2, 0.25) is 17.7 Å². The lowest BCUT2D eigenvalue weighted by Gasteiger charge is -2.35. The zero-order valence-electron chi connectivity index (χ0n) is 25.9. The van der Waals surface area contributed by atoms with E-state index >= 15 is 0 Å². The predicted octanol–water partition coefficient (Wildman–Crippen LogP) is 5.22. The average molecular weight is 561 g/mol. The molecule has 40 heavy (non-hydrogen) atoms. The molecule has 0 spiro atoms. The summed E-state index contributed by atoms with van der Waals surface area (Å²) in [5, 5.41) is 5.63. The summed E-state index contributed by atoms with van der Waals surface area (Å²) in [6.45, 7) is 15.3. The molecule has 2 unspecified atom stereocenters. The van der Waals surface area contributed by atoms with Crippen LogP contribution in [-0.4, -0.2) is 52.9 Å². The Morgan fingerprint density at radius 3 is 2.17 bits per heavy atom. The van der Waals surface area contributed by atoms with Crippen LogP contribution in [0.15, 0.2) is 18.2 Å². The lowest BCUT2D eigenvalue weighted by Crippen LogP contribution is -2.54. The lowest BCUT2D eigenvalue weighted by atomic mass is 9.95. The number of amides is 4. The number of rotatable bonds is 16. The average Bonchev–Trinajstić information content (AvgIpc) is 2.82. The Morgan fingerprint density at radius 1 is 0.975 bits per heavy atom. The van der Waals surface area contributed by atoms with Gasteiger partial charge in [-0.3, -0.25) is 14.4 Å². The molecule has 1 aromatic carbocycles. The first-order valence-corrected chi connectivity index (χ1v) is 14.6. The summed E-state index contributed by atoms with van der Waals surface area (Å²) in [5.74, 6) is -1.34. The maximum atomic E-state index is 14.2. The molecule has 0 aromatic heterocycles. The molecule has 1 rings (SSSR count). The molecule has 9 heteroatoms. The molecule has 1 aromatic rings. The molecule has 0 fully saturated rings. The number of nitrogens with two attached hydrogens (primary N) is 1. The van der Waals surface area contributed by atoms with Crippen LogP contribution in [0.2, 0.25) is 0 Å². The number of carbonyl (C=O) groups excluding carboxylic acids is 4. The fraction of sp³-hybridized carbons (Fsp3) is 0.677. The van der Waals surface area contributed by atoms with Gasteiger partial charge in [0.1, 0.15) is 17.7 Å². The number of unbranched alkanes of at least 4 members (excludes halogenated alkanes) is 5. The van der Waals surface area contributed by atoms with E-state index in [2.05, 4.69) is 17.6 Å². The van der Waals surface area contributed by atoms with Crippen molar-refractivity contribution < 1.29 is 23.9 Å². The third-order valence-electron chi connectivity index (χ3n) is 6.42. The Morgan fingerprint density at radius 2 is 1.60 bits per heavy atom. The van der Waals surface area contributed by atoms with Crippen molar-refractivity contribution in [3.63, 3.8) is 0 Å². The van der Waals surface area contributed by atoms with Crippen molar-refractivity contribution in [1.29, 1.82) is 0 Å². The Balaban J connectivity index is 3.53. The van der Waals surface area contributed by atoms with Crippen LogP contribution >= 0.6 is 0 Å². The first-order chi connectivity index (χ1) is 18.7. The van der Waals surface area contributed by atoms with E-state index in [9.17, 15) is 19.2 Å². The quantitative estimate of drug-likeness (QED) is 0.239. The second-order valence-corrected chi connectivity index (χ2v) is 11.9. The van der Waals surface area contributed by atoms with Crippen molar-refractivity contribution in [3.05, 3.63) is 34.9 Å². The summed E-state index contributed by atoms with van der Waals surface area (Å²) in [6.07, 6.45) is 5.14. The third kappa shape index (κ3) is 12.8. The topological polar surface area (TPSA) is 131 Å². The number of alkyl carbamates (subject to hydrolysis) is 1. The molecule has 0 saturated carbocycles. The van der Waals surface area contributed by atoms with Gasteiger partial charge in [-0.25, -0.2) is 4.79 Å². The molecule has 2 atom stereocenters. The second-order valence-electron chi connectivity index (χ2n) is 11.9. The van der Waals surface area contributed by atoms with Crippen LogP contribution in [0.1, 0.15) is 116 Å². The van der Waals surface area contributed by atoms with Gasteiger partial charge in [-0.05, 0) is 72.4 Å². The molecule has 0 aliphatic carbocycles. The van der Waals surface area contributed by atoms with Crippen LogP contribution in [0.25, 0.3) is 0 Å². The van der Waals surface area contributed by atoms with E-state index in [0.29, 0.717) is 13.0 Å². The number of nitrogens with one attached hydrogen (secondary N) is 2. The fourth-order valence-corrected chi connectivity index (χ4v) is 4.49. The van der Waals surface area contributed by atoms with Gasteiger partial charge in [0.25, 0.3) is 0 Å². The summed E-state index contributed by atoms with van der Waals surface area (Å²) in [6, 6.07) is 3.69. The number of ether oxygens (including phenoxy) is 1. The molecule has 0 bridgehead atoms. The minimum Gasteiger partial charge on any atom is -0.444 e. The molecule has 0 aliphatic rings. The van der Waals surface area contributed by atoms with Gasteiger partial charge >= 0.3 is 6.09 Å². The van der Waals surface area contributed by atoms with E-state index < -0.39 is 35.6 Å². The molecular weight excluding hydrogens is 508 g/mol. The van der Waals surface area contributed by atoms with Crippen LogP contribution < -0.4 is 16.4 Å². The largest absolute Gasteiger partial charge is 0.444 e. The molecule has 4 amide bonds. The minimum atomic E-state index is -1.10. The van der Waals surface area contributed by atoms with Gasteiger partial charge < -0.3 is 26.0 Å². The van der Waals surface area contributed by atoms with Crippen molar-refractivity contribution in [2.75, 3.05) is 6.54 Å². The lowest BCUT2D eigenvalue weighted by molar-refractivity contribution is -0.143. The van der Waals surface area contributed by atoms with E-state index in [1.54, 1.807) is 25.7 Å². The maximum absolute atomic E-state index is 14.2. The van der Waals surface area contributed by atoms with Crippen molar-refractivity contribution in [2.24, 2.45) is 5.73 Å². The number of hydrogen-bond donors (Lipinski definition) is 3. The van der Waals surface area contributed by atoms with Crippen molar-refractivity contribution >= 4 is 23.8 Å². The molecule has 0 aliphatic heterocycles. The SMILES string of the molecule is CCCCCCCCN(C(=O)C(CCC(N)=O)NC(=O)OC(C)(C)C)C(C(=O)NC(C)C)c1cc(C)ccc1C. The normalized spacial score (nSPS) is 12.9. The number of hydrogen-bond acceptors (Lipinski definition) is 5. The Kier molecular flexibility index (Phi) is 14.7. The zero-order valence-corrected chi connectivity index (χ0v) is 25.9. The fourth-order valence-electron chi connectivity index (χ4n) is 4.49. The van der Waals surface area contributed by atoms with E-state index in [1.165, 1.54) is 0 Å². The number of aryl methyl sites for hydroxylation is 2.